The quantitative estimate of drug-likeness (QED) is 0.756. The van der Waals surface area contributed by atoms with Crippen LogP contribution >= 0.6 is 11.3 Å². The molecule has 0 N–H and O–H groups in total. The number of rotatable bonds is 2. The van der Waals surface area contributed by atoms with Crippen LogP contribution in [0, 0.1) is 0 Å². The van der Waals surface area contributed by atoms with Crippen molar-refractivity contribution in [2.24, 2.45) is 5.10 Å². The molecule has 0 bridgehead atoms. The summed E-state index contributed by atoms with van der Waals surface area (Å²) in [6, 6.07) is 1.60. The molecule has 4 rings (SSSR count). The molecule has 1 saturated heterocycles. The number of sulfone groups is 1. The highest BCUT2D eigenvalue weighted by Gasteiger charge is 2.39. The van der Waals surface area contributed by atoms with Gasteiger partial charge in [0.15, 0.2) is 9.84 Å². The minimum atomic E-state index is -3.12. The third-order valence-electron chi connectivity index (χ3n) is 5.40. The summed E-state index contributed by atoms with van der Waals surface area (Å²) in [6.45, 7) is 2.65. The van der Waals surface area contributed by atoms with Gasteiger partial charge in [-0.2, -0.15) is 5.10 Å². The molecule has 4 heterocycles. The Bertz CT molecular complexity index is 890. The summed E-state index contributed by atoms with van der Waals surface area (Å²) in [5.74, 6) is -0.338. The maximum atomic E-state index is 13.0. The highest BCUT2D eigenvalue weighted by molar-refractivity contribution is 7.91. The number of fused-ring (bicyclic) bond motifs is 1. The highest BCUT2D eigenvalue weighted by Crippen LogP contribution is 2.33. The van der Waals surface area contributed by atoms with E-state index in [9.17, 15) is 18.0 Å². The summed E-state index contributed by atoms with van der Waals surface area (Å²) in [5, 5.41) is 7.62. The molecular formula is C17H21N3O4S2. The van der Waals surface area contributed by atoms with Crippen molar-refractivity contribution < 1.29 is 18.0 Å². The fourth-order valence-electron chi connectivity index (χ4n) is 3.93. The third kappa shape index (κ3) is 3.07. The minimum absolute atomic E-state index is 0.0156. The van der Waals surface area contributed by atoms with Crippen molar-refractivity contribution in [2.45, 2.75) is 44.7 Å². The van der Waals surface area contributed by atoms with Gasteiger partial charge in [-0.25, -0.2) is 13.4 Å². The maximum Gasteiger partial charge on any atom is 0.270 e. The Labute approximate surface area is 156 Å². The number of hydrazone groups is 1. The number of nitrogens with zero attached hydrogens (tertiary/aromatic N) is 3. The summed E-state index contributed by atoms with van der Waals surface area (Å²) < 4.78 is 23.5. The molecule has 7 nitrogen and oxygen atoms in total. The molecule has 1 aromatic heterocycles. The third-order valence-corrected chi connectivity index (χ3v) is 8.15. The topological polar surface area (TPSA) is 87.1 Å². The van der Waals surface area contributed by atoms with Crippen LogP contribution in [0.3, 0.4) is 0 Å². The van der Waals surface area contributed by atoms with Gasteiger partial charge in [-0.15, -0.1) is 11.3 Å². The van der Waals surface area contributed by atoms with Crippen LogP contribution < -0.4 is 0 Å². The van der Waals surface area contributed by atoms with Crippen LogP contribution in [0.4, 0.5) is 0 Å². The Kier molecular flexibility index (Phi) is 4.38. The Hall–Kier alpha value is -1.74. The van der Waals surface area contributed by atoms with E-state index in [1.807, 2.05) is 17.2 Å². The average molecular weight is 396 g/mol. The lowest BCUT2D eigenvalue weighted by atomic mass is 10.00. The van der Waals surface area contributed by atoms with E-state index in [0.717, 1.165) is 6.42 Å². The van der Waals surface area contributed by atoms with Crippen molar-refractivity contribution in [1.82, 2.24) is 9.91 Å². The first kappa shape index (κ1) is 17.7. The van der Waals surface area contributed by atoms with Gasteiger partial charge in [0.25, 0.3) is 5.91 Å². The summed E-state index contributed by atoms with van der Waals surface area (Å²) in [7, 11) is -3.12. The van der Waals surface area contributed by atoms with E-state index in [-0.39, 0.29) is 35.8 Å². The number of hydrogen-bond acceptors (Lipinski definition) is 6. The Morgan fingerprint density at radius 3 is 2.85 bits per heavy atom. The summed E-state index contributed by atoms with van der Waals surface area (Å²) >= 11 is 1.72. The van der Waals surface area contributed by atoms with E-state index in [0.29, 0.717) is 25.1 Å². The maximum absolute atomic E-state index is 13.0. The number of thiophene rings is 1. The molecule has 9 heteroatoms. The Morgan fingerprint density at radius 1 is 1.31 bits per heavy atom. The van der Waals surface area contributed by atoms with Crippen LogP contribution in [0.15, 0.2) is 16.5 Å². The van der Waals surface area contributed by atoms with Crippen molar-refractivity contribution >= 4 is 38.7 Å². The predicted octanol–water partition coefficient (Wildman–Crippen LogP) is 1.36. The first-order valence-corrected chi connectivity index (χ1v) is 11.5. The van der Waals surface area contributed by atoms with Gasteiger partial charge in [0.05, 0.1) is 23.6 Å². The molecule has 3 aliphatic rings. The molecule has 0 aromatic carbocycles. The van der Waals surface area contributed by atoms with Crippen molar-refractivity contribution in [3.05, 3.63) is 21.9 Å². The fraction of sp³-hybridized carbons (Fsp3) is 0.588. The molecule has 3 aliphatic heterocycles. The zero-order chi connectivity index (χ0) is 18.5. The Balaban J connectivity index is 1.56. The first-order valence-electron chi connectivity index (χ1n) is 8.83. The average Bonchev–Trinajstić information content (AvgIpc) is 3.22. The lowest BCUT2D eigenvalue weighted by Gasteiger charge is -2.35. The lowest BCUT2D eigenvalue weighted by Crippen LogP contribution is -2.47. The number of carbonyl (C=O) groups excluding carboxylic acids is 2. The highest BCUT2D eigenvalue weighted by atomic mass is 32.2. The van der Waals surface area contributed by atoms with Crippen molar-refractivity contribution in [2.75, 3.05) is 18.1 Å². The molecule has 2 atom stereocenters. The molecule has 0 spiro atoms. The monoisotopic (exact) mass is 395 g/mol. The van der Waals surface area contributed by atoms with Gasteiger partial charge in [-0.1, -0.05) is 0 Å². The van der Waals surface area contributed by atoms with E-state index < -0.39 is 15.9 Å². The molecule has 0 unspecified atom stereocenters. The second kappa shape index (κ2) is 6.45. The Morgan fingerprint density at radius 2 is 2.12 bits per heavy atom. The van der Waals surface area contributed by atoms with E-state index in [1.165, 1.54) is 15.4 Å². The number of hydrogen-bond donors (Lipinski definition) is 0. The number of amides is 2. The van der Waals surface area contributed by atoms with E-state index in [4.69, 9.17) is 0 Å². The molecule has 140 valence electrons. The first-order chi connectivity index (χ1) is 12.4. The molecule has 1 aromatic rings. The van der Waals surface area contributed by atoms with Crippen molar-refractivity contribution in [3.8, 4) is 0 Å². The van der Waals surface area contributed by atoms with Crippen LogP contribution in [-0.2, 0) is 25.8 Å². The van der Waals surface area contributed by atoms with Crippen LogP contribution in [-0.4, -0.2) is 59.9 Å². The standard InChI is InChI=1S/C17H21N3O4S2/c1-11-13-5-8-25-15(13)4-7-19(11)17(22)14-2-3-16(21)20(18-14)12-6-9-26(23,24)10-12/h5,8,11-12H,2-4,6-7,9-10H2,1H3/t11-,12-/m0/s1. The summed E-state index contributed by atoms with van der Waals surface area (Å²) in [5.41, 5.74) is 1.54. The van der Waals surface area contributed by atoms with E-state index >= 15 is 0 Å². The van der Waals surface area contributed by atoms with E-state index in [1.54, 1.807) is 11.3 Å². The van der Waals surface area contributed by atoms with Crippen molar-refractivity contribution in [1.29, 1.82) is 0 Å². The second-order valence-electron chi connectivity index (χ2n) is 7.07. The molecule has 1 fully saturated rings. The van der Waals surface area contributed by atoms with Gasteiger partial charge < -0.3 is 4.90 Å². The molecule has 2 amide bonds. The smallest absolute Gasteiger partial charge is 0.270 e. The molecule has 26 heavy (non-hydrogen) atoms. The van der Waals surface area contributed by atoms with Gasteiger partial charge in [-0.3, -0.25) is 9.59 Å². The van der Waals surface area contributed by atoms with Gasteiger partial charge >= 0.3 is 0 Å². The van der Waals surface area contributed by atoms with Gasteiger partial charge in [-0.05, 0) is 36.8 Å². The van der Waals surface area contributed by atoms with Gasteiger partial charge in [0.2, 0.25) is 5.91 Å². The summed E-state index contributed by atoms with van der Waals surface area (Å²) in [6.07, 6.45) is 1.73. The van der Waals surface area contributed by atoms with Crippen LogP contribution in [0.5, 0.6) is 0 Å². The molecule has 0 radical (unpaired) electrons. The number of carbonyl (C=O) groups is 2. The minimum Gasteiger partial charge on any atom is -0.330 e. The zero-order valence-electron chi connectivity index (χ0n) is 14.6. The zero-order valence-corrected chi connectivity index (χ0v) is 16.2. The van der Waals surface area contributed by atoms with Gasteiger partial charge in [0.1, 0.15) is 5.71 Å². The van der Waals surface area contributed by atoms with E-state index in [2.05, 4.69) is 11.2 Å². The fourth-order valence-corrected chi connectivity index (χ4v) is 6.59. The lowest BCUT2D eigenvalue weighted by molar-refractivity contribution is -0.134. The second-order valence-corrected chi connectivity index (χ2v) is 10.3. The SMILES string of the molecule is C[C@H]1c2ccsc2CCN1C(=O)C1=NN([C@H]2CCS(=O)(=O)C2)C(=O)CC1. The van der Waals surface area contributed by atoms with Crippen LogP contribution in [0.25, 0.3) is 0 Å². The summed E-state index contributed by atoms with van der Waals surface area (Å²) in [4.78, 5) is 28.4. The molecule has 0 aliphatic carbocycles. The van der Waals surface area contributed by atoms with Gasteiger partial charge in [0, 0.05) is 24.3 Å². The van der Waals surface area contributed by atoms with Crippen molar-refractivity contribution in [3.63, 3.8) is 0 Å². The predicted molar refractivity (Wildman–Crippen MR) is 98.7 cm³/mol. The molecule has 0 saturated carbocycles. The van der Waals surface area contributed by atoms with Crippen LogP contribution in [0.2, 0.25) is 0 Å². The normalized spacial score (nSPS) is 28.0. The molecular weight excluding hydrogens is 374 g/mol. The largest absolute Gasteiger partial charge is 0.330 e. The van der Waals surface area contributed by atoms with Crippen LogP contribution in [0.1, 0.15) is 42.7 Å².